The summed E-state index contributed by atoms with van der Waals surface area (Å²) in [6, 6.07) is 20.0. The van der Waals surface area contributed by atoms with Crippen molar-refractivity contribution < 1.29 is 0 Å². The first-order chi connectivity index (χ1) is 9.86. The zero-order valence-electron chi connectivity index (χ0n) is 10.9. The zero-order chi connectivity index (χ0) is 13.8. The van der Waals surface area contributed by atoms with Gasteiger partial charge in [-0.1, -0.05) is 59.5 Å². The van der Waals surface area contributed by atoms with Gasteiger partial charge in [-0.3, -0.25) is 0 Å². The molecule has 0 aliphatic heterocycles. The van der Waals surface area contributed by atoms with Crippen LogP contribution in [0.25, 0.3) is 5.69 Å². The van der Waals surface area contributed by atoms with E-state index >= 15 is 0 Å². The molecular formula is C15H13N3S2. The maximum absolute atomic E-state index is 4.69. The number of thioether (sulfide) groups is 1. The SMILES string of the molecule is CSc1nn(-c2ccccc2)c(=Nc2ccccc2)s1. The van der Waals surface area contributed by atoms with Gasteiger partial charge in [0.1, 0.15) is 0 Å². The van der Waals surface area contributed by atoms with E-state index < -0.39 is 0 Å². The van der Waals surface area contributed by atoms with Gasteiger partial charge in [-0.15, -0.1) is 5.10 Å². The predicted molar refractivity (Wildman–Crippen MR) is 84.9 cm³/mol. The largest absolute Gasteiger partial charge is 0.220 e. The van der Waals surface area contributed by atoms with Gasteiger partial charge in [0.15, 0.2) is 4.34 Å². The van der Waals surface area contributed by atoms with Gasteiger partial charge in [0.2, 0.25) is 4.80 Å². The van der Waals surface area contributed by atoms with Crippen LogP contribution in [0.5, 0.6) is 0 Å². The lowest BCUT2D eigenvalue weighted by molar-refractivity contribution is 0.801. The summed E-state index contributed by atoms with van der Waals surface area (Å²) in [6.07, 6.45) is 2.03. The summed E-state index contributed by atoms with van der Waals surface area (Å²) in [4.78, 5) is 5.57. The van der Waals surface area contributed by atoms with Crippen molar-refractivity contribution in [2.75, 3.05) is 6.26 Å². The van der Waals surface area contributed by atoms with Crippen LogP contribution in [-0.4, -0.2) is 16.0 Å². The molecule has 100 valence electrons. The quantitative estimate of drug-likeness (QED) is 0.687. The molecule has 1 heterocycles. The van der Waals surface area contributed by atoms with Crippen LogP contribution < -0.4 is 4.80 Å². The smallest absolute Gasteiger partial charge is 0.213 e. The van der Waals surface area contributed by atoms with E-state index in [1.807, 2.05) is 71.6 Å². The molecule has 3 rings (SSSR count). The van der Waals surface area contributed by atoms with Gasteiger partial charge in [0.25, 0.3) is 0 Å². The minimum absolute atomic E-state index is 0.881. The molecule has 3 aromatic rings. The van der Waals surface area contributed by atoms with Gasteiger partial charge < -0.3 is 0 Å². The molecule has 0 atom stereocenters. The van der Waals surface area contributed by atoms with E-state index in [1.54, 1.807) is 23.1 Å². The van der Waals surface area contributed by atoms with Crippen molar-refractivity contribution in [2.45, 2.75) is 4.34 Å². The molecule has 2 aromatic carbocycles. The summed E-state index contributed by atoms with van der Waals surface area (Å²) in [7, 11) is 0. The lowest BCUT2D eigenvalue weighted by Gasteiger charge is -1.99. The third kappa shape index (κ3) is 2.84. The van der Waals surface area contributed by atoms with E-state index in [0.717, 1.165) is 20.5 Å². The number of rotatable bonds is 3. The third-order valence-corrected chi connectivity index (χ3v) is 4.58. The van der Waals surface area contributed by atoms with Gasteiger partial charge in [-0.05, 0) is 30.5 Å². The van der Waals surface area contributed by atoms with E-state index in [1.165, 1.54) is 0 Å². The topological polar surface area (TPSA) is 30.2 Å². The molecule has 0 aliphatic rings. The average molecular weight is 299 g/mol. The van der Waals surface area contributed by atoms with E-state index in [4.69, 9.17) is 4.99 Å². The Kier molecular flexibility index (Phi) is 3.99. The van der Waals surface area contributed by atoms with Crippen molar-refractivity contribution >= 4 is 28.8 Å². The second kappa shape index (κ2) is 6.07. The molecule has 0 spiro atoms. The van der Waals surface area contributed by atoms with Crippen LogP contribution in [0.4, 0.5) is 5.69 Å². The highest BCUT2D eigenvalue weighted by Gasteiger charge is 2.05. The summed E-state index contributed by atoms with van der Waals surface area (Å²) < 4.78 is 2.90. The van der Waals surface area contributed by atoms with Crippen LogP contribution >= 0.6 is 23.1 Å². The molecule has 5 heteroatoms. The highest BCUT2D eigenvalue weighted by molar-refractivity contribution is 8.00. The number of hydrogen-bond donors (Lipinski definition) is 0. The van der Waals surface area contributed by atoms with Crippen LogP contribution in [0.2, 0.25) is 0 Å². The Morgan fingerprint density at radius 1 is 1.00 bits per heavy atom. The van der Waals surface area contributed by atoms with Crippen molar-refractivity contribution in [3.63, 3.8) is 0 Å². The first-order valence-corrected chi connectivity index (χ1v) is 8.20. The molecule has 0 fully saturated rings. The molecule has 20 heavy (non-hydrogen) atoms. The molecule has 0 amide bonds. The van der Waals surface area contributed by atoms with E-state index in [9.17, 15) is 0 Å². The fraction of sp³-hybridized carbons (Fsp3) is 0.0667. The first-order valence-electron chi connectivity index (χ1n) is 6.16. The number of aromatic nitrogens is 2. The Balaban J connectivity index is 2.16. The van der Waals surface area contributed by atoms with Crippen molar-refractivity contribution in [2.24, 2.45) is 4.99 Å². The van der Waals surface area contributed by atoms with Crippen LogP contribution in [-0.2, 0) is 0 Å². The van der Waals surface area contributed by atoms with Gasteiger partial charge in [0.05, 0.1) is 11.4 Å². The maximum atomic E-state index is 4.69. The summed E-state index contributed by atoms with van der Waals surface area (Å²) in [5, 5.41) is 4.60. The molecular weight excluding hydrogens is 286 g/mol. The van der Waals surface area contributed by atoms with E-state index in [-0.39, 0.29) is 0 Å². The van der Waals surface area contributed by atoms with Gasteiger partial charge in [-0.25, -0.2) is 9.67 Å². The minimum atomic E-state index is 0.881. The fourth-order valence-corrected chi connectivity index (χ4v) is 3.15. The third-order valence-electron chi connectivity index (χ3n) is 2.70. The number of hydrogen-bond acceptors (Lipinski definition) is 4. The molecule has 0 saturated carbocycles. The minimum Gasteiger partial charge on any atom is -0.220 e. The van der Waals surface area contributed by atoms with Crippen LogP contribution in [0.3, 0.4) is 0 Å². The lowest BCUT2D eigenvalue weighted by Crippen LogP contribution is -2.13. The summed E-state index contributed by atoms with van der Waals surface area (Å²) in [5.41, 5.74) is 1.97. The molecule has 0 radical (unpaired) electrons. The molecule has 0 bridgehead atoms. The second-order valence-corrected chi connectivity index (χ2v) is 6.06. The van der Waals surface area contributed by atoms with Crippen LogP contribution in [0.15, 0.2) is 70.0 Å². The van der Waals surface area contributed by atoms with E-state index in [0.29, 0.717) is 0 Å². The maximum Gasteiger partial charge on any atom is 0.213 e. The summed E-state index contributed by atoms with van der Waals surface area (Å²) in [6.45, 7) is 0. The predicted octanol–water partition coefficient (Wildman–Crippen LogP) is 3.89. The molecule has 0 aliphatic carbocycles. The summed E-state index contributed by atoms with van der Waals surface area (Å²) >= 11 is 3.23. The number of nitrogens with zero attached hydrogens (tertiary/aromatic N) is 3. The van der Waals surface area contributed by atoms with Crippen molar-refractivity contribution in [3.05, 3.63) is 65.5 Å². The number of benzene rings is 2. The molecule has 0 N–H and O–H groups in total. The van der Waals surface area contributed by atoms with E-state index in [2.05, 4.69) is 5.10 Å². The Bertz CT molecular complexity index is 746. The summed E-state index contributed by atoms with van der Waals surface area (Å²) in [5.74, 6) is 0. The second-order valence-electron chi connectivity index (χ2n) is 4.05. The average Bonchev–Trinajstić information content (AvgIpc) is 2.92. The van der Waals surface area contributed by atoms with Crippen LogP contribution in [0, 0.1) is 0 Å². The van der Waals surface area contributed by atoms with Crippen LogP contribution in [0.1, 0.15) is 0 Å². The van der Waals surface area contributed by atoms with Gasteiger partial charge >= 0.3 is 0 Å². The monoisotopic (exact) mass is 299 g/mol. The lowest BCUT2D eigenvalue weighted by atomic mass is 10.3. The number of para-hydroxylation sites is 2. The highest BCUT2D eigenvalue weighted by atomic mass is 32.2. The Morgan fingerprint density at radius 3 is 2.30 bits per heavy atom. The highest BCUT2D eigenvalue weighted by Crippen LogP contribution is 2.17. The fourth-order valence-electron chi connectivity index (χ4n) is 1.77. The first kappa shape index (κ1) is 13.1. The van der Waals surface area contributed by atoms with Gasteiger partial charge in [0, 0.05) is 0 Å². The molecule has 0 saturated heterocycles. The van der Waals surface area contributed by atoms with Gasteiger partial charge in [-0.2, -0.15) is 0 Å². The molecule has 1 aromatic heterocycles. The Hall–Kier alpha value is -1.85. The molecule has 3 nitrogen and oxygen atoms in total. The van der Waals surface area contributed by atoms with Crippen molar-refractivity contribution in [3.8, 4) is 5.69 Å². The van der Waals surface area contributed by atoms with Crippen molar-refractivity contribution in [1.29, 1.82) is 0 Å². The normalized spacial score (nSPS) is 11.8. The standard InChI is InChI=1S/C15H13N3S2/c1-19-15-17-18(13-10-6-3-7-11-13)14(20-15)16-12-8-4-2-5-9-12/h2-11H,1H3. The Labute approximate surface area is 125 Å². The van der Waals surface area contributed by atoms with Crippen molar-refractivity contribution in [1.82, 2.24) is 9.78 Å². The zero-order valence-corrected chi connectivity index (χ0v) is 12.6. The molecule has 0 unspecified atom stereocenters. The Morgan fingerprint density at radius 2 is 1.65 bits per heavy atom.